The molecule has 0 unspecified atom stereocenters. The van der Waals surface area contributed by atoms with Crippen molar-refractivity contribution in [3.63, 3.8) is 0 Å². The van der Waals surface area contributed by atoms with Gasteiger partial charge in [-0.2, -0.15) is 0 Å². The van der Waals surface area contributed by atoms with Gasteiger partial charge in [-0.15, -0.1) is 0 Å². The van der Waals surface area contributed by atoms with E-state index < -0.39 is 16.0 Å². The number of sulfonamides is 1. The average Bonchev–Trinajstić information content (AvgIpc) is 2.66. The molecule has 1 aromatic rings. The zero-order chi connectivity index (χ0) is 19.9. The van der Waals surface area contributed by atoms with Gasteiger partial charge in [0.05, 0.1) is 18.8 Å². The second kappa shape index (κ2) is 9.82. The summed E-state index contributed by atoms with van der Waals surface area (Å²) in [5.74, 6) is -1.20. The molecule has 0 saturated carbocycles. The van der Waals surface area contributed by atoms with Crippen molar-refractivity contribution in [3.05, 3.63) is 35.9 Å². The van der Waals surface area contributed by atoms with Crippen LogP contribution in [0.2, 0.25) is 0 Å². The Balaban J connectivity index is 1.91. The predicted octanol–water partition coefficient (Wildman–Crippen LogP) is 0.504. The van der Waals surface area contributed by atoms with Crippen LogP contribution in [0.15, 0.2) is 30.3 Å². The molecule has 1 saturated heterocycles. The number of piperidine rings is 1. The number of carbonyl (C=O) groups is 2. The van der Waals surface area contributed by atoms with E-state index in [4.69, 9.17) is 0 Å². The fourth-order valence-corrected chi connectivity index (χ4v) is 4.33. The summed E-state index contributed by atoms with van der Waals surface area (Å²) >= 11 is 0. The molecule has 0 atom stereocenters. The van der Waals surface area contributed by atoms with Crippen molar-refractivity contribution in [3.8, 4) is 0 Å². The van der Waals surface area contributed by atoms with E-state index in [9.17, 15) is 23.1 Å². The summed E-state index contributed by atoms with van der Waals surface area (Å²) in [5.41, 5.74) is 0.966. The van der Waals surface area contributed by atoms with Crippen LogP contribution in [-0.4, -0.2) is 72.6 Å². The van der Waals surface area contributed by atoms with E-state index in [1.807, 2.05) is 30.3 Å². The molecule has 0 aromatic heterocycles. The standard InChI is InChI=1S/C18H27N3O5S/c1-2-27(25,26)21-10-8-16(9-11-21)20(14-18(23)24)13-17(22)19-12-15-6-4-3-5-7-15/h3-7,16H,2,8-14H2,1H3,(H,19,22)(H,23,24). The molecular weight excluding hydrogens is 370 g/mol. The third-order valence-electron chi connectivity index (χ3n) is 4.72. The first-order valence-electron chi connectivity index (χ1n) is 9.06. The molecule has 1 aliphatic rings. The number of hydrogen-bond donors (Lipinski definition) is 2. The van der Waals surface area contributed by atoms with Crippen LogP contribution in [0.5, 0.6) is 0 Å². The van der Waals surface area contributed by atoms with Gasteiger partial charge in [0.15, 0.2) is 0 Å². The van der Waals surface area contributed by atoms with Crippen molar-refractivity contribution >= 4 is 21.9 Å². The Labute approximate surface area is 160 Å². The van der Waals surface area contributed by atoms with Gasteiger partial charge in [0.2, 0.25) is 15.9 Å². The molecule has 0 spiro atoms. The predicted molar refractivity (Wildman–Crippen MR) is 102 cm³/mol. The number of benzene rings is 1. The summed E-state index contributed by atoms with van der Waals surface area (Å²) in [6.45, 7) is 2.42. The number of carbonyl (C=O) groups excluding carboxylic acids is 1. The van der Waals surface area contributed by atoms with Crippen molar-refractivity contribution < 1.29 is 23.1 Å². The van der Waals surface area contributed by atoms with Crippen LogP contribution in [0.3, 0.4) is 0 Å². The van der Waals surface area contributed by atoms with Crippen molar-refractivity contribution in [1.82, 2.24) is 14.5 Å². The maximum Gasteiger partial charge on any atom is 0.317 e. The fraction of sp³-hybridized carbons (Fsp3) is 0.556. The van der Waals surface area contributed by atoms with E-state index in [0.29, 0.717) is 32.5 Å². The Hall–Kier alpha value is -1.97. The molecule has 27 heavy (non-hydrogen) atoms. The van der Waals surface area contributed by atoms with Gasteiger partial charge in [-0.3, -0.25) is 14.5 Å². The van der Waals surface area contributed by atoms with Gasteiger partial charge in [-0.1, -0.05) is 30.3 Å². The molecule has 1 fully saturated rings. The lowest BCUT2D eigenvalue weighted by molar-refractivity contribution is -0.139. The van der Waals surface area contributed by atoms with Crippen LogP contribution in [0, 0.1) is 0 Å². The van der Waals surface area contributed by atoms with Crippen molar-refractivity contribution in [2.45, 2.75) is 32.4 Å². The Bertz CT molecular complexity index is 731. The largest absolute Gasteiger partial charge is 0.480 e. The topological polar surface area (TPSA) is 107 Å². The van der Waals surface area contributed by atoms with Gasteiger partial charge in [-0.05, 0) is 25.3 Å². The molecule has 9 heteroatoms. The molecule has 1 aliphatic heterocycles. The van der Waals surface area contributed by atoms with Crippen molar-refractivity contribution in [2.75, 3.05) is 31.9 Å². The minimum Gasteiger partial charge on any atom is -0.480 e. The van der Waals surface area contributed by atoms with E-state index in [2.05, 4.69) is 5.32 Å². The lowest BCUT2D eigenvalue weighted by Gasteiger charge is -2.36. The van der Waals surface area contributed by atoms with Crippen LogP contribution in [-0.2, 0) is 26.2 Å². The Morgan fingerprint density at radius 1 is 1.19 bits per heavy atom. The highest BCUT2D eigenvalue weighted by atomic mass is 32.2. The molecule has 0 aliphatic carbocycles. The highest BCUT2D eigenvalue weighted by Crippen LogP contribution is 2.19. The van der Waals surface area contributed by atoms with Gasteiger partial charge in [0.1, 0.15) is 0 Å². The summed E-state index contributed by atoms with van der Waals surface area (Å²) in [6.07, 6.45) is 1.02. The highest BCUT2D eigenvalue weighted by molar-refractivity contribution is 7.89. The Kier molecular flexibility index (Phi) is 7.76. The first kappa shape index (κ1) is 21.3. The molecule has 2 rings (SSSR count). The third kappa shape index (κ3) is 6.60. The second-order valence-electron chi connectivity index (χ2n) is 6.59. The SMILES string of the molecule is CCS(=O)(=O)N1CCC(N(CC(=O)O)CC(=O)NCc2ccccc2)CC1. The number of aliphatic carboxylic acids is 1. The highest BCUT2D eigenvalue weighted by Gasteiger charge is 2.31. The lowest BCUT2D eigenvalue weighted by atomic mass is 10.0. The number of nitrogens with zero attached hydrogens (tertiary/aromatic N) is 2. The number of carboxylic acid groups (broad SMARTS) is 1. The van der Waals surface area contributed by atoms with Gasteiger partial charge >= 0.3 is 5.97 Å². The van der Waals surface area contributed by atoms with Gasteiger partial charge in [0, 0.05) is 25.7 Å². The van der Waals surface area contributed by atoms with Crippen LogP contribution < -0.4 is 5.32 Å². The van der Waals surface area contributed by atoms with Gasteiger partial charge in [0.25, 0.3) is 0 Å². The first-order chi connectivity index (χ1) is 12.8. The lowest BCUT2D eigenvalue weighted by Crippen LogP contribution is -2.51. The first-order valence-corrected chi connectivity index (χ1v) is 10.7. The average molecular weight is 397 g/mol. The van der Waals surface area contributed by atoms with Crippen LogP contribution >= 0.6 is 0 Å². The fourth-order valence-electron chi connectivity index (χ4n) is 3.19. The third-order valence-corrected chi connectivity index (χ3v) is 6.60. The maximum atomic E-state index is 12.3. The van der Waals surface area contributed by atoms with E-state index in [0.717, 1.165) is 5.56 Å². The quantitative estimate of drug-likeness (QED) is 0.629. The molecule has 1 amide bonds. The molecule has 2 N–H and O–H groups in total. The molecule has 1 heterocycles. The summed E-state index contributed by atoms with van der Waals surface area (Å²) in [7, 11) is -3.24. The Morgan fingerprint density at radius 3 is 2.37 bits per heavy atom. The van der Waals surface area contributed by atoms with Crippen LogP contribution in [0.4, 0.5) is 0 Å². The zero-order valence-corrected chi connectivity index (χ0v) is 16.3. The van der Waals surface area contributed by atoms with Crippen molar-refractivity contribution in [1.29, 1.82) is 0 Å². The summed E-state index contributed by atoms with van der Waals surface area (Å²) in [6, 6.07) is 9.34. The van der Waals surface area contributed by atoms with E-state index in [1.165, 1.54) is 4.31 Å². The van der Waals surface area contributed by atoms with E-state index in [-0.39, 0.29) is 30.8 Å². The molecule has 0 bridgehead atoms. The molecule has 150 valence electrons. The normalized spacial score (nSPS) is 16.4. The summed E-state index contributed by atoms with van der Waals surface area (Å²) in [4.78, 5) is 25.1. The monoisotopic (exact) mass is 397 g/mol. The second-order valence-corrected chi connectivity index (χ2v) is 8.85. The number of carboxylic acids is 1. The molecule has 8 nitrogen and oxygen atoms in total. The van der Waals surface area contributed by atoms with E-state index in [1.54, 1.807) is 11.8 Å². The van der Waals surface area contributed by atoms with Crippen LogP contribution in [0.25, 0.3) is 0 Å². The Morgan fingerprint density at radius 2 is 1.81 bits per heavy atom. The number of hydrogen-bond acceptors (Lipinski definition) is 5. The maximum absolute atomic E-state index is 12.3. The van der Waals surface area contributed by atoms with Gasteiger partial charge in [-0.25, -0.2) is 12.7 Å². The minimum atomic E-state index is -3.24. The van der Waals surface area contributed by atoms with Gasteiger partial charge < -0.3 is 10.4 Å². The molecule has 0 radical (unpaired) electrons. The molecular formula is C18H27N3O5S. The number of amides is 1. The summed E-state index contributed by atoms with van der Waals surface area (Å²) in [5, 5.41) is 12.0. The zero-order valence-electron chi connectivity index (χ0n) is 15.5. The minimum absolute atomic E-state index is 0.0235. The summed E-state index contributed by atoms with van der Waals surface area (Å²) < 4.78 is 25.4. The van der Waals surface area contributed by atoms with E-state index >= 15 is 0 Å². The number of rotatable bonds is 9. The van der Waals surface area contributed by atoms with Crippen molar-refractivity contribution in [2.24, 2.45) is 0 Å². The smallest absolute Gasteiger partial charge is 0.317 e. The number of nitrogens with one attached hydrogen (secondary N) is 1. The molecule has 1 aromatic carbocycles. The van der Waals surface area contributed by atoms with Crippen LogP contribution in [0.1, 0.15) is 25.3 Å².